The lowest BCUT2D eigenvalue weighted by molar-refractivity contribution is -0.121. The van der Waals surface area contributed by atoms with E-state index in [4.69, 9.17) is 0 Å². The van der Waals surface area contributed by atoms with E-state index in [9.17, 15) is 9.59 Å². The Morgan fingerprint density at radius 3 is 1.63 bits per heavy atom. The van der Waals surface area contributed by atoms with Crippen LogP contribution < -0.4 is 0 Å². The zero-order chi connectivity index (χ0) is 19.3. The molecule has 0 saturated carbocycles. The van der Waals surface area contributed by atoms with Gasteiger partial charge in [-0.3, -0.25) is 9.59 Å². The average molecular weight is 365 g/mol. The van der Waals surface area contributed by atoms with Crippen LogP contribution in [0.3, 0.4) is 0 Å². The Bertz CT molecular complexity index is 620. The van der Waals surface area contributed by atoms with Crippen molar-refractivity contribution in [1.29, 1.82) is 0 Å². The first kappa shape index (κ1) is 21.1. The van der Waals surface area contributed by atoms with E-state index in [0.29, 0.717) is 25.7 Å². The molecule has 0 unspecified atom stereocenters. The van der Waals surface area contributed by atoms with Gasteiger partial charge in [-0.1, -0.05) is 93.3 Å². The monoisotopic (exact) mass is 364 g/mol. The first-order chi connectivity index (χ1) is 13.2. The topological polar surface area (TPSA) is 34.1 Å². The van der Waals surface area contributed by atoms with Gasteiger partial charge in [0, 0.05) is 25.7 Å². The summed E-state index contributed by atoms with van der Waals surface area (Å²) in [4.78, 5) is 25.1. The highest BCUT2D eigenvalue weighted by molar-refractivity contribution is 5.84. The zero-order valence-corrected chi connectivity index (χ0v) is 16.5. The van der Waals surface area contributed by atoms with Gasteiger partial charge < -0.3 is 0 Å². The molecule has 2 aromatic rings. The lowest BCUT2D eigenvalue weighted by Gasteiger charge is -2.16. The van der Waals surface area contributed by atoms with Crippen molar-refractivity contribution in [3.05, 3.63) is 71.8 Å². The van der Waals surface area contributed by atoms with Crippen molar-refractivity contribution < 1.29 is 9.59 Å². The number of hydrogen-bond donors (Lipinski definition) is 0. The summed E-state index contributed by atoms with van der Waals surface area (Å²) in [5.74, 6) is 0.665. The molecule has 0 saturated heterocycles. The minimum absolute atomic E-state index is 0.175. The van der Waals surface area contributed by atoms with E-state index in [1.54, 1.807) is 0 Å². The van der Waals surface area contributed by atoms with Gasteiger partial charge in [0.1, 0.15) is 11.6 Å². The summed E-state index contributed by atoms with van der Waals surface area (Å²) in [6.07, 6.45) is 7.66. The van der Waals surface area contributed by atoms with Crippen molar-refractivity contribution in [1.82, 2.24) is 0 Å². The van der Waals surface area contributed by atoms with E-state index in [2.05, 4.69) is 6.92 Å². The van der Waals surface area contributed by atoms with Gasteiger partial charge in [-0.2, -0.15) is 0 Å². The number of hydrogen-bond acceptors (Lipinski definition) is 2. The fraction of sp³-hybridized carbons (Fsp3) is 0.440. The summed E-state index contributed by atoms with van der Waals surface area (Å²) in [6, 6.07) is 19.8. The fourth-order valence-corrected chi connectivity index (χ4v) is 3.57. The predicted molar refractivity (Wildman–Crippen MR) is 112 cm³/mol. The molecule has 0 aromatic heterocycles. The molecular formula is C25H32O2. The van der Waals surface area contributed by atoms with Gasteiger partial charge in [0.25, 0.3) is 0 Å². The molecule has 0 aliphatic heterocycles. The predicted octanol–water partition coefficient (Wildman–Crippen LogP) is 5.98. The van der Waals surface area contributed by atoms with Gasteiger partial charge in [0.2, 0.25) is 0 Å². The molecule has 2 heteroatoms. The van der Waals surface area contributed by atoms with E-state index in [1.165, 1.54) is 19.3 Å². The lowest BCUT2D eigenvalue weighted by Crippen LogP contribution is -2.16. The summed E-state index contributed by atoms with van der Waals surface area (Å²) < 4.78 is 0. The van der Waals surface area contributed by atoms with Crippen LogP contribution in [0.1, 0.15) is 63.0 Å². The zero-order valence-electron chi connectivity index (χ0n) is 16.5. The van der Waals surface area contributed by atoms with Crippen molar-refractivity contribution in [2.24, 2.45) is 5.92 Å². The number of rotatable bonds is 13. The Kier molecular flexibility index (Phi) is 9.54. The molecule has 0 aliphatic carbocycles. The summed E-state index contributed by atoms with van der Waals surface area (Å²) in [5, 5.41) is 0. The summed E-state index contributed by atoms with van der Waals surface area (Å²) in [7, 11) is 0. The molecular weight excluding hydrogens is 332 g/mol. The van der Waals surface area contributed by atoms with Crippen molar-refractivity contribution in [2.75, 3.05) is 0 Å². The van der Waals surface area contributed by atoms with E-state index >= 15 is 0 Å². The van der Waals surface area contributed by atoms with Crippen LogP contribution in [0.15, 0.2) is 60.7 Å². The Balaban J connectivity index is 1.88. The Labute approximate surface area is 164 Å². The van der Waals surface area contributed by atoms with Crippen LogP contribution in [0.2, 0.25) is 0 Å². The molecule has 0 atom stereocenters. The van der Waals surface area contributed by atoms with Crippen molar-refractivity contribution in [3.8, 4) is 0 Å². The smallest absolute Gasteiger partial charge is 0.137 e. The Hall–Kier alpha value is -2.22. The molecule has 0 N–H and O–H groups in total. The number of carbonyl (C=O) groups excluding carboxylic acids is 2. The van der Waals surface area contributed by atoms with Gasteiger partial charge in [-0.15, -0.1) is 0 Å². The van der Waals surface area contributed by atoms with Gasteiger partial charge in [0.05, 0.1) is 0 Å². The second-order valence-corrected chi connectivity index (χ2v) is 7.53. The maximum Gasteiger partial charge on any atom is 0.137 e. The molecule has 0 fully saturated rings. The normalized spacial score (nSPS) is 10.9. The second kappa shape index (κ2) is 12.2. The Morgan fingerprint density at radius 2 is 1.19 bits per heavy atom. The van der Waals surface area contributed by atoms with Crippen molar-refractivity contribution in [3.63, 3.8) is 0 Å². The molecule has 0 heterocycles. The number of unbranched alkanes of at least 4 members (excludes halogenated alkanes) is 3. The third-order valence-corrected chi connectivity index (χ3v) is 4.99. The lowest BCUT2D eigenvalue weighted by atomic mass is 9.88. The molecule has 144 valence electrons. The maximum atomic E-state index is 12.5. The van der Waals surface area contributed by atoms with Crippen LogP contribution >= 0.6 is 0 Å². The molecule has 27 heavy (non-hydrogen) atoms. The van der Waals surface area contributed by atoms with E-state index in [0.717, 1.165) is 24.0 Å². The van der Waals surface area contributed by atoms with Gasteiger partial charge in [-0.05, 0) is 23.5 Å². The summed E-state index contributed by atoms with van der Waals surface area (Å²) >= 11 is 0. The quantitative estimate of drug-likeness (QED) is 0.410. The highest BCUT2D eigenvalue weighted by Crippen LogP contribution is 2.21. The Morgan fingerprint density at radius 1 is 0.704 bits per heavy atom. The van der Waals surface area contributed by atoms with E-state index < -0.39 is 0 Å². The maximum absolute atomic E-state index is 12.5. The van der Waals surface area contributed by atoms with E-state index in [-0.39, 0.29) is 17.5 Å². The first-order valence-electron chi connectivity index (χ1n) is 10.3. The average Bonchev–Trinajstić information content (AvgIpc) is 2.66. The van der Waals surface area contributed by atoms with Crippen molar-refractivity contribution >= 4 is 11.6 Å². The number of ketones is 2. The fourth-order valence-electron chi connectivity index (χ4n) is 3.57. The SMILES string of the molecule is CCCCCCC(CC(=O)Cc1ccccc1)CC(=O)Cc1ccccc1. The van der Waals surface area contributed by atoms with Crippen molar-refractivity contribution in [2.45, 2.75) is 64.7 Å². The van der Waals surface area contributed by atoms with Gasteiger partial charge in [-0.25, -0.2) is 0 Å². The minimum atomic E-state index is 0.175. The second-order valence-electron chi connectivity index (χ2n) is 7.53. The molecule has 0 bridgehead atoms. The summed E-state index contributed by atoms with van der Waals surface area (Å²) in [6.45, 7) is 2.20. The molecule has 0 radical (unpaired) electrons. The van der Waals surface area contributed by atoms with Crippen LogP contribution in [0.5, 0.6) is 0 Å². The van der Waals surface area contributed by atoms with Gasteiger partial charge in [0.15, 0.2) is 0 Å². The van der Waals surface area contributed by atoms with Crippen LogP contribution in [0, 0.1) is 5.92 Å². The molecule has 2 nitrogen and oxygen atoms in total. The molecule has 2 aromatic carbocycles. The van der Waals surface area contributed by atoms with Crippen LogP contribution in [0.25, 0.3) is 0 Å². The van der Waals surface area contributed by atoms with Gasteiger partial charge >= 0.3 is 0 Å². The van der Waals surface area contributed by atoms with Crippen LogP contribution in [-0.4, -0.2) is 11.6 Å². The number of benzene rings is 2. The standard InChI is InChI=1S/C25H32O2/c1-2-3-4-7-16-23(19-24(26)17-21-12-8-5-9-13-21)20-25(27)18-22-14-10-6-11-15-22/h5-6,8-15,23H,2-4,7,16-20H2,1H3. The minimum Gasteiger partial charge on any atom is -0.299 e. The number of carbonyl (C=O) groups is 2. The van der Waals surface area contributed by atoms with E-state index in [1.807, 2.05) is 60.7 Å². The first-order valence-corrected chi connectivity index (χ1v) is 10.3. The molecule has 0 amide bonds. The highest BCUT2D eigenvalue weighted by Gasteiger charge is 2.18. The van der Waals surface area contributed by atoms with Crippen LogP contribution in [0.4, 0.5) is 0 Å². The highest BCUT2D eigenvalue weighted by atomic mass is 16.1. The van der Waals surface area contributed by atoms with Crippen LogP contribution in [-0.2, 0) is 22.4 Å². The third-order valence-electron chi connectivity index (χ3n) is 4.99. The summed E-state index contributed by atoms with van der Waals surface area (Å²) in [5.41, 5.74) is 2.12. The number of Topliss-reactive ketones (excluding diaryl/α,β-unsaturated/α-hetero) is 2. The largest absolute Gasteiger partial charge is 0.299 e. The molecule has 2 rings (SSSR count). The molecule has 0 spiro atoms. The molecule has 0 aliphatic rings. The third kappa shape index (κ3) is 8.81.